The largest absolute Gasteiger partial charge is 0.394 e. The smallest absolute Gasteiger partial charge is 0.315 e. The highest BCUT2D eigenvalue weighted by Gasteiger charge is 2.16. The number of halogens is 2. The van der Waals surface area contributed by atoms with E-state index in [2.05, 4.69) is 10.6 Å². The second-order valence-corrected chi connectivity index (χ2v) is 5.12. The van der Waals surface area contributed by atoms with E-state index in [1.54, 1.807) is 13.2 Å². The van der Waals surface area contributed by atoms with E-state index in [1.165, 1.54) is 12.1 Å². The van der Waals surface area contributed by atoms with Gasteiger partial charge in [-0.3, -0.25) is 0 Å². The highest BCUT2D eigenvalue weighted by atomic mass is 35.5. The molecule has 2 unspecified atom stereocenters. The van der Waals surface area contributed by atoms with Crippen molar-refractivity contribution >= 4 is 17.6 Å². The molecule has 3 N–H and O–H groups in total. The summed E-state index contributed by atoms with van der Waals surface area (Å²) in [5, 5.41) is 14.6. The lowest BCUT2D eigenvalue weighted by molar-refractivity contribution is 0.182. The number of aliphatic hydroxyl groups is 1. The third-order valence-electron chi connectivity index (χ3n) is 2.97. The molecule has 0 fully saturated rings. The van der Waals surface area contributed by atoms with Crippen molar-refractivity contribution in [2.45, 2.75) is 25.4 Å². The molecule has 0 radical (unpaired) electrons. The molecular weight excluding hydrogens is 299 g/mol. The Hall–Kier alpha value is -1.37. The Morgan fingerprint density at radius 3 is 2.76 bits per heavy atom. The summed E-state index contributed by atoms with van der Waals surface area (Å²) in [5.41, 5.74) is 0.444. The third-order valence-corrected chi connectivity index (χ3v) is 3.27. The molecule has 0 spiro atoms. The monoisotopic (exact) mass is 318 g/mol. The zero-order valence-corrected chi connectivity index (χ0v) is 12.8. The van der Waals surface area contributed by atoms with Gasteiger partial charge in [0.15, 0.2) is 0 Å². The molecule has 0 aliphatic carbocycles. The van der Waals surface area contributed by atoms with Crippen LogP contribution in [0.3, 0.4) is 0 Å². The van der Waals surface area contributed by atoms with Crippen molar-refractivity contribution in [2.24, 2.45) is 0 Å². The van der Waals surface area contributed by atoms with E-state index in [1.807, 2.05) is 6.92 Å². The number of benzene rings is 1. The van der Waals surface area contributed by atoms with Crippen molar-refractivity contribution in [3.8, 4) is 0 Å². The summed E-state index contributed by atoms with van der Waals surface area (Å²) in [6, 6.07) is 2.92. The molecule has 1 rings (SSSR count). The number of rotatable bonds is 7. The van der Waals surface area contributed by atoms with Gasteiger partial charge >= 0.3 is 6.03 Å². The van der Waals surface area contributed by atoms with Gasteiger partial charge in [-0.15, -0.1) is 0 Å². The topological polar surface area (TPSA) is 70.6 Å². The predicted molar refractivity (Wildman–Crippen MR) is 78.9 cm³/mol. The Morgan fingerprint density at radius 2 is 2.19 bits per heavy atom. The summed E-state index contributed by atoms with van der Waals surface area (Å²) in [6.45, 7) is 2.03. The molecule has 1 aromatic rings. The molecule has 118 valence electrons. The summed E-state index contributed by atoms with van der Waals surface area (Å²) in [5.74, 6) is -0.594. The number of carbonyl (C=O) groups is 1. The quantitative estimate of drug-likeness (QED) is 0.722. The lowest BCUT2D eigenvalue weighted by Crippen LogP contribution is -2.43. The van der Waals surface area contributed by atoms with Crippen LogP contribution in [0.5, 0.6) is 0 Å². The maximum absolute atomic E-state index is 13.4. The number of hydrogen-bond acceptors (Lipinski definition) is 3. The standard InChI is InChI=1S/C14H20ClFN2O3/c1-9(5-6-21-2)17-14(20)18-13(8-19)10-3-4-11(15)12(16)7-10/h3-4,7,9,13,19H,5-6,8H2,1-2H3,(H2,17,18,20). The first-order chi connectivity index (χ1) is 9.97. The Morgan fingerprint density at radius 1 is 1.48 bits per heavy atom. The summed E-state index contributed by atoms with van der Waals surface area (Å²) in [7, 11) is 1.59. The maximum Gasteiger partial charge on any atom is 0.315 e. The highest BCUT2D eigenvalue weighted by Crippen LogP contribution is 2.20. The molecule has 0 aliphatic rings. The van der Waals surface area contributed by atoms with Crippen molar-refractivity contribution in [3.05, 3.63) is 34.6 Å². The lowest BCUT2D eigenvalue weighted by atomic mass is 10.1. The number of hydrogen-bond donors (Lipinski definition) is 3. The van der Waals surface area contributed by atoms with Crippen molar-refractivity contribution in [1.82, 2.24) is 10.6 Å². The summed E-state index contributed by atoms with van der Waals surface area (Å²) in [4.78, 5) is 11.8. The molecule has 0 bridgehead atoms. The van der Waals surface area contributed by atoms with Crippen LogP contribution in [0.2, 0.25) is 5.02 Å². The van der Waals surface area contributed by atoms with E-state index >= 15 is 0 Å². The molecule has 2 atom stereocenters. The van der Waals surface area contributed by atoms with E-state index in [0.29, 0.717) is 18.6 Å². The van der Waals surface area contributed by atoms with Crippen LogP contribution in [-0.2, 0) is 4.74 Å². The SMILES string of the molecule is COCCC(C)NC(=O)NC(CO)c1ccc(Cl)c(F)c1. The van der Waals surface area contributed by atoms with Crippen LogP contribution < -0.4 is 10.6 Å². The average Bonchev–Trinajstić information content (AvgIpc) is 2.45. The lowest BCUT2D eigenvalue weighted by Gasteiger charge is -2.20. The molecule has 2 amide bonds. The summed E-state index contributed by atoms with van der Waals surface area (Å²) < 4.78 is 18.3. The number of aliphatic hydroxyl groups excluding tert-OH is 1. The van der Waals surface area contributed by atoms with Crippen LogP contribution in [0.1, 0.15) is 24.9 Å². The fraction of sp³-hybridized carbons (Fsp3) is 0.500. The summed E-state index contributed by atoms with van der Waals surface area (Å²) in [6.07, 6.45) is 0.670. The number of methoxy groups -OCH3 is 1. The average molecular weight is 319 g/mol. The molecule has 21 heavy (non-hydrogen) atoms. The maximum atomic E-state index is 13.4. The van der Waals surface area contributed by atoms with E-state index in [0.717, 1.165) is 0 Å². The van der Waals surface area contributed by atoms with Gasteiger partial charge in [-0.05, 0) is 31.0 Å². The normalized spacial score (nSPS) is 13.6. The third kappa shape index (κ3) is 5.87. The van der Waals surface area contributed by atoms with E-state index in [9.17, 15) is 14.3 Å². The van der Waals surface area contributed by atoms with Crippen molar-refractivity contribution in [2.75, 3.05) is 20.3 Å². The van der Waals surface area contributed by atoms with Crippen LogP contribution in [0.15, 0.2) is 18.2 Å². The van der Waals surface area contributed by atoms with E-state index in [-0.39, 0.29) is 17.7 Å². The van der Waals surface area contributed by atoms with E-state index < -0.39 is 17.9 Å². The fourth-order valence-electron chi connectivity index (χ4n) is 1.75. The number of ether oxygens (including phenoxy) is 1. The second-order valence-electron chi connectivity index (χ2n) is 4.71. The van der Waals surface area contributed by atoms with Gasteiger partial charge in [-0.25, -0.2) is 9.18 Å². The zero-order valence-electron chi connectivity index (χ0n) is 12.0. The minimum Gasteiger partial charge on any atom is -0.394 e. The van der Waals surface area contributed by atoms with Gasteiger partial charge in [0.2, 0.25) is 0 Å². The van der Waals surface area contributed by atoms with Crippen LogP contribution in [0.4, 0.5) is 9.18 Å². The van der Waals surface area contributed by atoms with Gasteiger partial charge < -0.3 is 20.5 Å². The van der Waals surface area contributed by atoms with Crippen molar-refractivity contribution in [3.63, 3.8) is 0 Å². The van der Waals surface area contributed by atoms with Crippen LogP contribution in [-0.4, -0.2) is 37.5 Å². The minimum absolute atomic E-state index is 0.00641. The molecule has 0 saturated heterocycles. The molecule has 0 heterocycles. The molecule has 0 aliphatic heterocycles. The number of urea groups is 1. The first-order valence-corrected chi connectivity index (χ1v) is 6.97. The van der Waals surface area contributed by atoms with Gasteiger partial charge in [-0.2, -0.15) is 0 Å². The van der Waals surface area contributed by atoms with Gasteiger partial charge in [0, 0.05) is 19.8 Å². The molecular formula is C14H20ClFN2O3. The molecule has 7 heteroatoms. The first-order valence-electron chi connectivity index (χ1n) is 6.59. The second kappa shape index (κ2) is 8.81. The molecule has 1 aromatic carbocycles. The van der Waals surface area contributed by atoms with Crippen LogP contribution in [0, 0.1) is 5.82 Å². The van der Waals surface area contributed by atoms with Crippen molar-refractivity contribution in [1.29, 1.82) is 0 Å². The van der Waals surface area contributed by atoms with Crippen molar-refractivity contribution < 1.29 is 19.0 Å². The van der Waals surface area contributed by atoms with Gasteiger partial charge in [0.25, 0.3) is 0 Å². The van der Waals surface area contributed by atoms with E-state index in [4.69, 9.17) is 16.3 Å². The number of nitrogens with one attached hydrogen (secondary N) is 2. The van der Waals surface area contributed by atoms with Gasteiger partial charge in [0.1, 0.15) is 5.82 Å². The van der Waals surface area contributed by atoms with Crippen LogP contribution >= 0.6 is 11.6 Å². The minimum atomic E-state index is -0.702. The van der Waals surface area contributed by atoms with Gasteiger partial charge in [0.05, 0.1) is 17.7 Å². The highest BCUT2D eigenvalue weighted by molar-refractivity contribution is 6.30. The molecule has 5 nitrogen and oxygen atoms in total. The summed E-state index contributed by atoms with van der Waals surface area (Å²) >= 11 is 5.60. The fourth-order valence-corrected chi connectivity index (χ4v) is 1.87. The first kappa shape index (κ1) is 17.7. The van der Waals surface area contributed by atoms with Crippen LogP contribution in [0.25, 0.3) is 0 Å². The Bertz CT molecular complexity index is 474. The number of amides is 2. The Balaban J connectivity index is 2.60. The Labute approximate surface area is 128 Å². The van der Waals surface area contributed by atoms with Gasteiger partial charge in [-0.1, -0.05) is 17.7 Å². The molecule has 0 aromatic heterocycles. The zero-order chi connectivity index (χ0) is 15.8. The predicted octanol–water partition coefficient (Wildman–Crippen LogP) is 2.24. The molecule has 0 saturated carbocycles. The Kier molecular flexibility index (Phi) is 7.42. The number of carbonyl (C=O) groups excluding carboxylic acids is 1.